The molecule has 3 saturated heterocycles. The number of hydrogen-bond donors (Lipinski definition) is 3. The zero-order valence-corrected chi connectivity index (χ0v) is 22.6. The summed E-state index contributed by atoms with van der Waals surface area (Å²) < 4.78 is 12.3. The predicted molar refractivity (Wildman–Crippen MR) is 133 cm³/mol. The molecule has 3 fully saturated rings. The van der Waals surface area contributed by atoms with E-state index < -0.39 is 28.4 Å². The Morgan fingerprint density at radius 1 is 1.09 bits per heavy atom. The van der Waals surface area contributed by atoms with Gasteiger partial charge in [0.05, 0.1) is 11.2 Å². The number of carbonyl (C=O) groups excluding carboxylic acids is 2. The molecule has 11 heteroatoms. The van der Waals surface area contributed by atoms with Gasteiger partial charge in [-0.3, -0.25) is 14.5 Å². The van der Waals surface area contributed by atoms with Crippen LogP contribution in [-0.2, 0) is 18.9 Å². The average molecular weight is 494 g/mol. The standard InChI is InChI=1S/C24H43BN4O6/c1-16(30)26-24(19(31)27-21(2,3)4)15-29-13-12-28(20(32)33)14-18(29)17(24)10-9-11-25-34-22(5,6)23(7,8)35-25/h17-18H,9-15H2,1-8H3,(H,26,30)(H,27,31)(H,32,33)/t17?,18-,24?/m1/s1. The Kier molecular flexibility index (Phi) is 7.57. The summed E-state index contributed by atoms with van der Waals surface area (Å²) in [5.74, 6) is -0.768. The third-order valence-electron chi connectivity index (χ3n) is 7.90. The van der Waals surface area contributed by atoms with Gasteiger partial charge in [-0.15, -0.1) is 0 Å². The fraction of sp³-hybridized carbons (Fsp3) is 0.875. The highest BCUT2D eigenvalue weighted by atomic mass is 16.7. The van der Waals surface area contributed by atoms with Gasteiger partial charge in [-0.2, -0.15) is 0 Å². The quantitative estimate of drug-likeness (QED) is 0.483. The van der Waals surface area contributed by atoms with Crippen molar-refractivity contribution >= 4 is 25.0 Å². The van der Waals surface area contributed by atoms with Crippen LogP contribution < -0.4 is 10.6 Å². The number of nitrogens with zero attached hydrogens (tertiary/aromatic N) is 2. The van der Waals surface area contributed by atoms with Gasteiger partial charge in [0.25, 0.3) is 0 Å². The molecule has 0 bridgehead atoms. The summed E-state index contributed by atoms with van der Waals surface area (Å²) in [6.07, 6.45) is 1.02. The fourth-order valence-corrected chi connectivity index (χ4v) is 5.59. The maximum atomic E-state index is 13.7. The van der Waals surface area contributed by atoms with Crippen LogP contribution in [0, 0.1) is 5.92 Å². The Balaban J connectivity index is 1.85. The van der Waals surface area contributed by atoms with Gasteiger partial charge in [-0.05, 0) is 61.2 Å². The first-order valence-corrected chi connectivity index (χ1v) is 12.7. The molecule has 198 valence electrons. The number of nitrogens with one attached hydrogen (secondary N) is 2. The Morgan fingerprint density at radius 3 is 2.20 bits per heavy atom. The fourth-order valence-electron chi connectivity index (χ4n) is 5.59. The van der Waals surface area contributed by atoms with Gasteiger partial charge >= 0.3 is 13.2 Å². The minimum Gasteiger partial charge on any atom is -0.465 e. The highest BCUT2D eigenvalue weighted by molar-refractivity contribution is 6.45. The summed E-state index contributed by atoms with van der Waals surface area (Å²) in [4.78, 5) is 41.4. The third-order valence-corrected chi connectivity index (χ3v) is 7.90. The number of fused-ring (bicyclic) bond motifs is 1. The molecule has 3 aliphatic rings. The molecule has 0 spiro atoms. The van der Waals surface area contributed by atoms with E-state index in [1.807, 2.05) is 48.5 Å². The average Bonchev–Trinajstić information content (AvgIpc) is 3.09. The van der Waals surface area contributed by atoms with Crippen molar-refractivity contribution in [1.29, 1.82) is 0 Å². The smallest absolute Gasteiger partial charge is 0.457 e. The van der Waals surface area contributed by atoms with Gasteiger partial charge in [-0.1, -0.05) is 6.42 Å². The molecule has 0 aromatic rings. The van der Waals surface area contributed by atoms with Gasteiger partial charge in [0.2, 0.25) is 11.8 Å². The normalized spacial score (nSPS) is 30.2. The molecule has 0 aromatic heterocycles. The van der Waals surface area contributed by atoms with Gasteiger partial charge in [-0.25, -0.2) is 4.79 Å². The van der Waals surface area contributed by atoms with Crippen molar-refractivity contribution in [2.24, 2.45) is 5.92 Å². The minimum absolute atomic E-state index is 0.171. The van der Waals surface area contributed by atoms with E-state index in [0.29, 0.717) is 45.3 Å². The summed E-state index contributed by atoms with van der Waals surface area (Å²) in [5, 5.41) is 15.7. The monoisotopic (exact) mass is 494 g/mol. The van der Waals surface area contributed by atoms with Crippen LogP contribution in [0.2, 0.25) is 6.32 Å². The Morgan fingerprint density at radius 2 is 1.69 bits per heavy atom. The molecule has 3 rings (SSSR count). The molecule has 0 radical (unpaired) electrons. The van der Waals surface area contributed by atoms with Crippen LogP contribution in [0.5, 0.6) is 0 Å². The van der Waals surface area contributed by atoms with Crippen LogP contribution in [0.25, 0.3) is 0 Å². The van der Waals surface area contributed by atoms with Crippen LogP contribution in [0.15, 0.2) is 0 Å². The molecule has 35 heavy (non-hydrogen) atoms. The topological polar surface area (TPSA) is 120 Å². The maximum absolute atomic E-state index is 13.7. The largest absolute Gasteiger partial charge is 0.465 e. The van der Waals surface area contributed by atoms with Crippen LogP contribution in [0.1, 0.15) is 68.2 Å². The van der Waals surface area contributed by atoms with E-state index in [-0.39, 0.29) is 30.9 Å². The molecule has 2 unspecified atom stereocenters. The highest BCUT2D eigenvalue weighted by Crippen LogP contribution is 2.42. The number of piperazine rings is 1. The SMILES string of the molecule is CC(=O)NC1(C(=O)NC(C)(C)C)CN2CCN(C(=O)O)C[C@@H]2C1CCCB1OC(C)(C)C(C)(C)O1. The number of hydrogen-bond acceptors (Lipinski definition) is 6. The van der Waals surface area contributed by atoms with Gasteiger partial charge < -0.3 is 29.9 Å². The molecular weight excluding hydrogens is 451 g/mol. The Bertz CT molecular complexity index is 828. The van der Waals surface area contributed by atoms with Crippen molar-refractivity contribution < 1.29 is 28.8 Å². The van der Waals surface area contributed by atoms with Crippen LogP contribution in [-0.4, -0.2) is 94.4 Å². The summed E-state index contributed by atoms with van der Waals surface area (Å²) in [7, 11) is -0.349. The zero-order valence-electron chi connectivity index (χ0n) is 22.6. The van der Waals surface area contributed by atoms with E-state index in [9.17, 15) is 19.5 Å². The predicted octanol–water partition coefficient (Wildman–Crippen LogP) is 1.94. The summed E-state index contributed by atoms with van der Waals surface area (Å²) in [6.45, 7) is 16.8. The van der Waals surface area contributed by atoms with Crippen molar-refractivity contribution in [2.45, 2.75) is 103 Å². The van der Waals surface area contributed by atoms with E-state index in [1.54, 1.807) is 0 Å². The van der Waals surface area contributed by atoms with E-state index in [4.69, 9.17) is 9.31 Å². The second kappa shape index (κ2) is 9.55. The Labute approximate surface area is 209 Å². The van der Waals surface area contributed by atoms with E-state index in [1.165, 1.54) is 11.8 Å². The lowest BCUT2D eigenvalue weighted by Gasteiger charge is -2.40. The van der Waals surface area contributed by atoms with Crippen molar-refractivity contribution in [3.63, 3.8) is 0 Å². The number of carbonyl (C=O) groups is 3. The molecule has 3 heterocycles. The number of carboxylic acid groups (broad SMARTS) is 1. The first kappa shape index (κ1) is 27.7. The molecule has 3 N–H and O–H groups in total. The minimum atomic E-state index is -1.14. The molecule has 3 amide bonds. The third kappa shape index (κ3) is 5.78. The maximum Gasteiger partial charge on any atom is 0.457 e. The van der Waals surface area contributed by atoms with Crippen LogP contribution in [0.3, 0.4) is 0 Å². The lowest BCUT2D eigenvalue weighted by Crippen LogP contribution is -2.66. The summed E-state index contributed by atoms with van der Waals surface area (Å²) in [6, 6.07) is -0.171. The molecular formula is C24H43BN4O6. The molecule has 3 atom stereocenters. The van der Waals surface area contributed by atoms with Crippen molar-refractivity contribution in [1.82, 2.24) is 20.4 Å². The molecule has 0 aromatic carbocycles. The first-order valence-electron chi connectivity index (χ1n) is 12.7. The van der Waals surface area contributed by atoms with E-state index in [0.717, 1.165) is 0 Å². The Hall–Kier alpha value is -1.85. The zero-order chi connectivity index (χ0) is 26.4. The summed E-state index contributed by atoms with van der Waals surface area (Å²) >= 11 is 0. The number of amides is 3. The summed E-state index contributed by atoms with van der Waals surface area (Å²) in [5.41, 5.74) is -2.46. The van der Waals surface area contributed by atoms with Crippen LogP contribution in [0.4, 0.5) is 4.79 Å². The molecule has 0 aliphatic carbocycles. The molecule has 3 aliphatic heterocycles. The highest BCUT2D eigenvalue weighted by Gasteiger charge is 2.59. The van der Waals surface area contributed by atoms with Gasteiger partial charge in [0.1, 0.15) is 5.54 Å². The lowest BCUT2D eigenvalue weighted by molar-refractivity contribution is -0.135. The molecule has 10 nitrogen and oxygen atoms in total. The first-order chi connectivity index (χ1) is 16.0. The van der Waals surface area contributed by atoms with E-state index >= 15 is 0 Å². The van der Waals surface area contributed by atoms with Gasteiger partial charge in [0.15, 0.2) is 0 Å². The van der Waals surface area contributed by atoms with Crippen molar-refractivity contribution in [3.05, 3.63) is 0 Å². The van der Waals surface area contributed by atoms with E-state index in [2.05, 4.69) is 15.5 Å². The second-order valence-electron chi connectivity index (χ2n) is 12.3. The van der Waals surface area contributed by atoms with Crippen molar-refractivity contribution in [2.75, 3.05) is 26.2 Å². The second-order valence-corrected chi connectivity index (χ2v) is 12.3. The lowest BCUT2D eigenvalue weighted by atomic mass is 9.74. The number of rotatable bonds is 6. The van der Waals surface area contributed by atoms with Gasteiger partial charge in [0, 0.05) is 50.6 Å². The van der Waals surface area contributed by atoms with Crippen molar-refractivity contribution in [3.8, 4) is 0 Å². The molecule has 0 saturated carbocycles. The van der Waals surface area contributed by atoms with Crippen LogP contribution >= 0.6 is 0 Å².